The second-order valence-electron chi connectivity index (χ2n) is 3.96. The number of esters is 1. The Bertz CT molecular complexity index is 524. The van der Waals surface area contributed by atoms with Crippen LogP contribution in [0.5, 0.6) is 0 Å². The minimum absolute atomic E-state index is 0.0461. The average molecular weight is 309 g/mol. The highest BCUT2D eigenvalue weighted by atomic mass is 35.5. The van der Waals surface area contributed by atoms with E-state index >= 15 is 0 Å². The number of halogens is 4. The lowest BCUT2D eigenvalue weighted by molar-refractivity contribution is -0.138. The van der Waals surface area contributed by atoms with Crippen molar-refractivity contribution in [3.05, 3.63) is 34.9 Å². The molecule has 1 rings (SSSR count). The summed E-state index contributed by atoms with van der Waals surface area (Å²) in [5.41, 5.74) is -2.04. The van der Waals surface area contributed by atoms with E-state index in [1.54, 1.807) is 0 Å². The summed E-state index contributed by atoms with van der Waals surface area (Å²) in [5, 5.41) is -0.954. The summed E-state index contributed by atoms with van der Waals surface area (Å²) in [7, 11) is 0. The van der Waals surface area contributed by atoms with Crippen LogP contribution in [0.15, 0.2) is 18.2 Å². The Hall–Kier alpha value is -1.56. The van der Waals surface area contributed by atoms with Crippen LogP contribution in [-0.2, 0) is 10.9 Å². The Kier molecular flexibility index (Phi) is 5.16. The Morgan fingerprint density at radius 3 is 2.40 bits per heavy atom. The lowest BCUT2D eigenvalue weighted by atomic mass is 10.00. The zero-order chi connectivity index (χ0) is 15.5. The SMILES string of the molecule is CCOC(=O)c1ccc(C(=O)C(C)Cl)cc1C(F)(F)F. The van der Waals surface area contributed by atoms with Gasteiger partial charge in [0.25, 0.3) is 0 Å². The smallest absolute Gasteiger partial charge is 0.417 e. The van der Waals surface area contributed by atoms with Crippen LogP contribution in [-0.4, -0.2) is 23.7 Å². The third kappa shape index (κ3) is 3.72. The number of ether oxygens (including phenoxy) is 1. The molecule has 0 aliphatic rings. The fourth-order valence-corrected chi connectivity index (χ4v) is 1.67. The molecular weight excluding hydrogens is 297 g/mol. The minimum Gasteiger partial charge on any atom is -0.462 e. The van der Waals surface area contributed by atoms with Crippen LogP contribution in [0.1, 0.15) is 40.1 Å². The maximum atomic E-state index is 12.9. The first-order valence-electron chi connectivity index (χ1n) is 5.75. The molecular formula is C13H12ClF3O3. The van der Waals surface area contributed by atoms with Crippen LogP contribution in [0, 0.1) is 0 Å². The number of carbonyl (C=O) groups excluding carboxylic acids is 2. The van der Waals surface area contributed by atoms with E-state index in [1.807, 2.05) is 0 Å². The predicted molar refractivity (Wildman–Crippen MR) is 67.0 cm³/mol. The summed E-state index contributed by atoms with van der Waals surface area (Å²) in [5.74, 6) is -1.73. The van der Waals surface area contributed by atoms with Crippen LogP contribution in [0.3, 0.4) is 0 Å². The molecule has 0 N–H and O–H groups in total. The highest BCUT2D eigenvalue weighted by Gasteiger charge is 2.36. The topological polar surface area (TPSA) is 43.4 Å². The summed E-state index contributed by atoms with van der Waals surface area (Å²) >= 11 is 5.56. The number of benzene rings is 1. The van der Waals surface area contributed by atoms with Crippen molar-refractivity contribution in [1.82, 2.24) is 0 Å². The molecule has 0 spiro atoms. The molecule has 0 aliphatic carbocycles. The van der Waals surface area contributed by atoms with Crippen molar-refractivity contribution in [3.63, 3.8) is 0 Å². The Morgan fingerprint density at radius 2 is 1.95 bits per heavy atom. The molecule has 1 aromatic rings. The maximum absolute atomic E-state index is 12.9. The average Bonchev–Trinajstić information content (AvgIpc) is 2.36. The lowest BCUT2D eigenvalue weighted by Gasteiger charge is -2.13. The van der Waals surface area contributed by atoms with Crippen LogP contribution in [0.25, 0.3) is 0 Å². The first-order chi connectivity index (χ1) is 9.18. The third-order valence-electron chi connectivity index (χ3n) is 2.47. The van der Waals surface area contributed by atoms with E-state index in [9.17, 15) is 22.8 Å². The molecule has 0 radical (unpaired) electrons. The van der Waals surface area contributed by atoms with E-state index in [0.717, 1.165) is 12.1 Å². The lowest BCUT2D eigenvalue weighted by Crippen LogP contribution is -2.18. The van der Waals surface area contributed by atoms with Gasteiger partial charge in [-0.25, -0.2) is 4.79 Å². The van der Waals surface area contributed by atoms with Gasteiger partial charge in [0.15, 0.2) is 5.78 Å². The second-order valence-corrected chi connectivity index (χ2v) is 4.61. The zero-order valence-corrected chi connectivity index (χ0v) is 11.5. The summed E-state index contributed by atoms with van der Waals surface area (Å²) in [6.07, 6.45) is -4.77. The number of hydrogen-bond donors (Lipinski definition) is 0. The number of hydrogen-bond acceptors (Lipinski definition) is 3. The van der Waals surface area contributed by atoms with Gasteiger partial charge in [-0.3, -0.25) is 4.79 Å². The number of carbonyl (C=O) groups is 2. The van der Waals surface area contributed by atoms with Gasteiger partial charge in [-0.15, -0.1) is 11.6 Å². The molecule has 0 aromatic heterocycles. The van der Waals surface area contributed by atoms with E-state index in [4.69, 9.17) is 11.6 Å². The van der Waals surface area contributed by atoms with E-state index < -0.39 is 34.4 Å². The van der Waals surface area contributed by atoms with Gasteiger partial charge in [0, 0.05) is 5.56 Å². The molecule has 0 saturated heterocycles. The molecule has 1 aromatic carbocycles. The largest absolute Gasteiger partial charge is 0.462 e. The van der Waals surface area contributed by atoms with Crippen LogP contribution in [0.2, 0.25) is 0 Å². The van der Waals surface area contributed by atoms with Crippen molar-refractivity contribution in [3.8, 4) is 0 Å². The van der Waals surface area contributed by atoms with E-state index in [1.165, 1.54) is 13.8 Å². The molecule has 0 amide bonds. The van der Waals surface area contributed by atoms with Gasteiger partial charge in [0.05, 0.1) is 23.1 Å². The molecule has 0 heterocycles. The first kappa shape index (κ1) is 16.5. The Balaban J connectivity index is 3.35. The molecule has 7 heteroatoms. The zero-order valence-electron chi connectivity index (χ0n) is 10.8. The quantitative estimate of drug-likeness (QED) is 0.484. The summed E-state index contributed by atoms with van der Waals surface area (Å²) < 4.78 is 43.4. The fraction of sp³-hybridized carbons (Fsp3) is 0.385. The van der Waals surface area contributed by atoms with Gasteiger partial charge in [-0.05, 0) is 26.0 Å². The van der Waals surface area contributed by atoms with Gasteiger partial charge in [-0.1, -0.05) is 6.07 Å². The van der Waals surface area contributed by atoms with Gasteiger partial charge >= 0.3 is 12.1 Å². The Labute approximate surface area is 118 Å². The number of rotatable bonds is 4. The van der Waals surface area contributed by atoms with Crippen LogP contribution >= 0.6 is 11.6 Å². The second kappa shape index (κ2) is 6.26. The molecule has 0 bridgehead atoms. The van der Waals surface area contributed by atoms with Crippen LogP contribution < -0.4 is 0 Å². The van der Waals surface area contributed by atoms with Crippen molar-refractivity contribution in [2.24, 2.45) is 0 Å². The monoisotopic (exact) mass is 308 g/mol. The molecule has 0 aliphatic heterocycles. The third-order valence-corrected chi connectivity index (χ3v) is 2.66. The normalized spacial score (nSPS) is 12.9. The van der Waals surface area contributed by atoms with Crippen molar-refractivity contribution in [1.29, 1.82) is 0 Å². The summed E-state index contributed by atoms with van der Waals surface area (Å²) in [6.45, 7) is 2.80. The van der Waals surface area contributed by atoms with Gasteiger partial charge in [0.1, 0.15) is 0 Å². The molecule has 110 valence electrons. The van der Waals surface area contributed by atoms with Gasteiger partial charge < -0.3 is 4.74 Å². The van der Waals surface area contributed by atoms with Crippen LogP contribution in [0.4, 0.5) is 13.2 Å². The van der Waals surface area contributed by atoms with Gasteiger partial charge in [-0.2, -0.15) is 13.2 Å². The molecule has 0 saturated carbocycles. The van der Waals surface area contributed by atoms with E-state index in [-0.39, 0.29) is 12.2 Å². The van der Waals surface area contributed by atoms with E-state index in [0.29, 0.717) is 6.07 Å². The molecule has 20 heavy (non-hydrogen) atoms. The van der Waals surface area contributed by atoms with Gasteiger partial charge in [0.2, 0.25) is 0 Å². The van der Waals surface area contributed by atoms with Crippen molar-refractivity contribution in [2.45, 2.75) is 25.4 Å². The van der Waals surface area contributed by atoms with Crippen molar-refractivity contribution >= 4 is 23.4 Å². The minimum atomic E-state index is -4.77. The van der Waals surface area contributed by atoms with E-state index in [2.05, 4.69) is 4.74 Å². The summed E-state index contributed by atoms with van der Waals surface area (Å²) in [4.78, 5) is 23.1. The standard InChI is InChI=1S/C13H12ClF3O3/c1-3-20-12(19)9-5-4-8(11(18)7(2)14)6-10(9)13(15,16)17/h4-7H,3H2,1-2H3. The highest BCUT2D eigenvalue weighted by Crippen LogP contribution is 2.33. The predicted octanol–water partition coefficient (Wildman–Crippen LogP) is 3.69. The number of ketones is 1. The molecule has 1 atom stereocenters. The summed E-state index contributed by atoms with van der Waals surface area (Å²) in [6, 6.07) is 2.67. The molecule has 3 nitrogen and oxygen atoms in total. The maximum Gasteiger partial charge on any atom is 0.417 e. The highest BCUT2D eigenvalue weighted by molar-refractivity contribution is 6.33. The van der Waals surface area contributed by atoms with Crippen molar-refractivity contribution < 1.29 is 27.5 Å². The first-order valence-corrected chi connectivity index (χ1v) is 6.18. The molecule has 0 fully saturated rings. The molecule has 1 unspecified atom stereocenters. The van der Waals surface area contributed by atoms with Crippen molar-refractivity contribution in [2.75, 3.05) is 6.61 Å². The number of Topliss-reactive ketones (excluding diaryl/α,β-unsaturated/α-hetero) is 1. The fourth-order valence-electron chi connectivity index (χ4n) is 1.55. The number of alkyl halides is 4. The Morgan fingerprint density at radius 1 is 1.35 bits per heavy atom.